The van der Waals surface area contributed by atoms with Crippen molar-refractivity contribution in [1.82, 2.24) is 5.32 Å². The van der Waals surface area contributed by atoms with Crippen LogP contribution in [-0.4, -0.2) is 40.6 Å². The number of amides is 1. The summed E-state index contributed by atoms with van der Waals surface area (Å²) in [6, 6.07) is 18.6. The van der Waals surface area contributed by atoms with Crippen LogP contribution >= 0.6 is 0 Å². The van der Waals surface area contributed by atoms with Gasteiger partial charge in [0.1, 0.15) is 5.75 Å². The van der Waals surface area contributed by atoms with Crippen molar-refractivity contribution in [2.45, 2.75) is 25.2 Å². The van der Waals surface area contributed by atoms with Gasteiger partial charge in [-0.05, 0) is 73.4 Å². The van der Waals surface area contributed by atoms with Gasteiger partial charge in [0.05, 0.1) is 17.6 Å². The Bertz CT molecular complexity index is 1300. The van der Waals surface area contributed by atoms with Crippen LogP contribution < -0.4 is 14.8 Å². The van der Waals surface area contributed by atoms with Gasteiger partial charge in [-0.15, -0.1) is 0 Å². The van der Waals surface area contributed by atoms with Crippen LogP contribution in [-0.2, 0) is 26.0 Å². The van der Waals surface area contributed by atoms with Gasteiger partial charge in [-0.3, -0.25) is 9.52 Å². The van der Waals surface area contributed by atoms with Gasteiger partial charge in [-0.1, -0.05) is 30.3 Å². The molecule has 0 saturated carbocycles. The van der Waals surface area contributed by atoms with Crippen molar-refractivity contribution in [1.29, 1.82) is 0 Å². The molecular weight excluding hydrogens is 468 g/mol. The van der Waals surface area contributed by atoms with E-state index < -0.39 is 28.5 Å². The Kier molecular flexibility index (Phi) is 8.48. The highest BCUT2D eigenvalue weighted by Gasteiger charge is 2.20. The predicted molar refractivity (Wildman–Crippen MR) is 133 cm³/mol. The van der Waals surface area contributed by atoms with E-state index in [0.29, 0.717) is 24.2 Å². The zero-order valence-electron chi connectivity index (χ0n) is 19.8. The van der Waals surface area contributed by atoms with Crippen molar-refractivity contribution < 1.29 is 27.5 Å². The maximum atomic E-state index is 12.8. The van der Waals surface area contributed by atoms with Crippen molar-refractivity contribution in [2.75, 3.05) is 25.0 Å². The normalized spacial score (nSPS) is 10.9. The highest BCUT2D eigenvalue weighted by atomic mass is 32.2. The highest BCUT2D eigenvalue weighted by molar-refractivity contribution is 7.92. The molecule has 2 N–H and O–H groups in total. The Morgan fingerprint density at radius 2 is 1.69 bits per heavy atom. The summed E-state index contributed by atoms with van der Waals surface area (Å²) in [4.78, 5) is 24.6. The molecule has 9 heteroatoms. The lowest BCUT2D eigenvalue weighted by Gasteiger charge is -2.12. The topological polar surface area (TPSA) is 111 Å². The number of rotatable bonds is 10. The molecule has 35 heavy (non-hydrogen) atoms. The second-order valence-corrected chi connectivity index (χ2v) is 9.66. The zero-order chi connectivity index (χ0) is 25.4. The average Bonchev–Trinajstić information content (AvgIpc) is 2.83. The number of carbonyl (C=O) groups is 2. The number of ether oxygens (including phenoxy) is 2. The lowest BCUT2D eigenvalue weighted by atomic mass is 10.1. The monoisotopic (exact) mass is 496 g/mol. The standard InChI is InChI=1S/C26H28N2O6S/c1-18-5-4-6-21(15-18)28-35(31,32)23-12-7-19(2)24(16-23)26(30)34-17-25(29)27-14-13-20-8-10-22(33-3)11-9-20/h4-12,15-16,28H,13-14,17H2,1-3H3,(H,27,29). The summed E-state index contributed by atoms with van der Waals surface area (Å²) in [7, 11) is -2.33. The first-order valence-corrected chi connectivity index (χ1v) is 12.4. The van der Waals surface area contributed by atoms with Crippen molar-refractivity contribution in [2.24, 2.45) is 0 Å². The quantitative estimate of drug-likeness (QED) is 0.415. The van der Waals surface area contributed by atoms with E-state index in [2.05, 4.69) is 10.0 Å². The smallest absolute Gasteiger partial charge is 0.338 e. The molecule has 8 nitrogen and oxygen atoms in total. The van der Waals surface area contributed by atoms with Gasteiger partial charge >= 0.3 is 5.97 Å². The fourth-order valence-electron chi connectivity index (χ4n) is 3.31. The van der Waals surface area contributed by atoms with Gasteiger partial charge in [-0.25, -0.2) is 13.2 Å². The fraction of sp³-hybridized carbons (Fsp3) is 0.231. The number of aryl methyl sites for hydroxylation is 2. The molecule has 1 amide bonds. The zero-order valence-corrected chi connectivity index (χ0v) is 20.6. The number of benzene rings is 3. The second kappa shape index (κ2) is 11.5. The third-order valence-corrected chi connectivity index (χ3v) is 6.62. The first-order chi connectivity index (χ1) is 16.7. The summed E-state index contributed by atoms with van der Waals surface area (Å²) in [6.45, 7) is 3.42. The van der Waals surface area contributed by atoms with Gasteiger partial charge in [0.2, 0.25) is 0 Å². The van der Waals surface area contributed by atoms with Crippen LogP contribution in [0.1, 0.15) is 27.0 Å². The lowest BCUT2D eigenvalue weighted by molar-refractivity contribution is -0.124. The molecule has 0 aromatic heterocycles. The highest BCUT2D eigenvalue weighted by Crippen LogP contribution is 2.20. The summed E-state index contributed by atoms with van der Waals surface area (Å²) in [5.74, 6) is -0.474. The van der Waals surface area contributed by atoms with Crippen LogP contribution in [0.2, 0.25) is 0 Å². The van der Waals surface area contributed by atoms with E-state index >= 15 is 0 Å². The van der Waals surface area contributed by atoms with Gasteiger partial charge in [0, 0.05) is 12.2 Å². The number of hydrogen-bond acceptors (Lipinski definition) is 6. The van der Waals surface area contributed by atoms with Crippen LogP contribution in [0, 0.1) is 13.8 Å². The summed E-state index contributed by atoms with van der Waals surface area (Å²) < 4.78 is 38.3. The molecule has 0 spiro atoms. The number of nitrogens with one attached hydrogen (secondary N) is 2. The molecule has 0 saturated heterocycles. The van der Waals surface area contributed by atoms with Crippen molar-refractivity contribution in [3.63, 3.8) is 0 Å². The fourth-order valence-corrected chi connectivity index (χ4v) is 4.38. The molecule has 0 bridgehead atoms. The number of methoxy groups -OCH3 is 1. The van der Waals surface area contributed by atoms with E-state index in [1.165, 1.54) is 18.2 Å². The van der Waals surface area contributed by atoms with Gasteiger partial charge < -0.3 is 14.8 Å². The van der Waals surface area contributed by atoms with Gasteiger partial charge in [0.25, 0.3) is 15.9 Å². The maximum absolute atomic E-state index is 12.8. The summed E-state index contributed by atoms with van der Waals surface area (Å²) >= 11 is 0. The number of hydrogen-bond donors (Lipinski definition) is 2. The largest absolute Gasteiger partial charge is 0.497 e. The Hall–Kier alpha value is -3.85. The summed E-state index contributed by atoms with van der Waals surface area (Å²) in [6.07, 6.45) is 0.608. The minimum atomic E-state index is -3.92. The molecule has 0 aliphatic heterocycles. The number of esters is 1. The Balaban J connectivity index is 1.56. The van der Waals surface area contributed by atoms with Crippen molar-refractivity contribution >= 4 is 27.6 Å². The van der Waals surface area contributed by atoms with Crippen LogP contribution in [0.15, 0.2) is 71.6 Å². The number of sulfonamides is 1. The molecule has 184 valence electrons. The van der Waals surface area contributed by atoms with Crippen LogP contribution in [0.5, 0.6) is 5.75 Å². The van der Waals surface area contributed by atoms with Gasteiger partial charge in [-0.2, -0.15) is 0 Å². The van der Waals surface area contributed by atoms with Crippen molar-refractivity contribution in [3.8, 4) is 5.75 Å². The number of anilines is 1. The van der Waals surface area contributed by atoms with E-state index in [1.54, 1.807) is 32.2 Å². The molecule has 0 aliphatic carbocycles. The molecule has 3 rings (SSSR count). The van der Waals surface area contributed by atoms with Crippen LogP contribution in [0.3, 0.4) is 0 Å². The molecular formula is C26H28N2O6S. The van der Waals surface area contributed by atoms with Crippen LogP contribution in [0.4, 0.5) is 5.69 Å². The third kappa shape index (κ3) is 7.31. The Labute approximate surface area is 205 Å². The van der Waals surface area contributed by atoms with Crippen LogP contribution in [0.25, 0.3) is 0 Å². The van der Waals surface area contributed by atoms with E-state index in [1.807, 2.05) is 37.3 Å². The van der Waals surface area contributed by atoms with E-state index in [-0.39, 0.29) is 10.5 Å². The first-order valence-electron chi connectivity index (χ1n) is 10.9. The van der Waals surface area contributed by atoms with Gasteiger partial charge in [0.15, 0.2) is 6.61 Å². The first kappa shape index (κ1) is 25.8. The molecule has 0 aliphatic rings. The lowest BCUT2D eigenvalue weighted by Crippen LogP contribution is -2.30. The summed E-state index contributed by atoms with van der Waals surface area (Å²) in [5.41, 5.74) is 2.95. The summed E-state index contributed by atoms with van der Waals surface area (Å²) in [5, 5.41) is 2.70. The SMILES string of the molecule is COc1ccc(CCNC(=O)COC(=O)c2cc(S(=O)(=O)Nc3cccc(C)c3)ccc2C)cc1. The minimum Gasteiger partial charge on any atom is -0.497 e. The minimum absolute atomic E-state index is 0.0724. The third-order valence-electron chi connectivity index (χ3n) is 5.24. The van der Waals surface area contributed by atoms with E-state index in [9.17, 15) is 18.0 Å². The molecule has 0 radical (unpaired) electrons. The Morgan fingerprint density at radius 3 is 2.37 bits per heavy atom. The predicted octanol–water partition coefficient (Wildman–Crippen LogP) is 3.63. The molecule has 0 unspecified atom stereocenters. The molecule has 0 atom stereocenters. The van der Waals surface area contributed by atoms with Crippen molar-refractivity contribution in [3.05, 3.63) is 89.0 Å². The molecule has 0 fully saturated rings. The van der Waals surface area contributed by atoms with E-state index in [4.69, 9.17) is 9.47 Å². The average molecular weight is 497 g/mol. The number of carbonyl (C=O) groups excluding carboxylic acids is 2. The molecule has 3 aromatic carbocycles. The maximum Gasteiger partial charge on any atom is 0.338 e. The Morgan fingerprint density at radius 1 is 0.943 bits per heavy atom. The second-order valence-electron chi connectivity index (χ2n) is 7.98. The van der Waals surface area contributed by atoms with E-state index in [0.717, 1.165) is 16.9 Å². The molecule has 0 heterocycles. The molecule has 3 aromatic rings.